The van der Waals surface area contributed by atoms with E-state index in [0.717, 1.165) is 116 Å². The van der Waals surface area contributed by atoms with Gasteiger partial charge in [-0.1, -0.05) is 24.3 Å². The van der Waals surface area contributed by atoms with Crippen molar-refractivity contribution in [3.63, 3.8) is 0 Å². The van der Waals surface area contributed by atoms with E-state index in [1.165, 1.54) is 0 Å². The van der Waals surface area contributed by atoms with Crippen molar-refractivity contribution in [1.82, 2.24) is 49.1 Å². The summed E-state index contributed by atoms with van der Waals surface area (Å²) in [7, 11) is 5.71. The molecule has 228 valence electrons. The number of piperazine rings is 1. The molecule has 12 heteroatoms. The first kappa shape index (κ1) is 28.4. The summed E-state index contributed by atoms with van der Waals surface area (Å²) in [5, 5.41) is 17.3. The van der Waals surface area contributed by atoms with Crippen molar-refractivity contribution in [1.29, 1.82) is 0 Å². The highest BCUT2D eigenvalue weighted by Gasteiger charge is 2.27. The number of hydrogen-bond acceptors (Lipinski definition) is 9. The normalized spacial score (nSPS) is 15.3. The van der Waals surface area contributed by atoms with Crippen molar-refractivity contribution in [2.45, 2.75) is 19.4 Å². The Bertz CT molecular complexity index is 1730. The highest BCUT2D eigenvalue weighted by Crippen LogP contribution is 2.40. The lowest BCUT2D eigenvalue weighted by atomic mass is 9.91. The minimum atomic E-state index is 0.538. The number of benzene rings is 1. The van der Waals surface area contributed by atoms with Crippen LogP contribution in [0.5, 0.6) is 0 Å². The molecule has 12 nitrogen and oxygen atoms in total. The third kappa shape index (κ3) is 5.88. The minimum absolute atomic E-state index is 0.538. The van der Waals surface area contributed by atoms with Crippen LogP contribution in [-0.4, -0.2) is 102 Å². The molecule has 5 aromatic rings. The van der Waals surface area contributed by atoms with Gasteiger partial charge in [-0.25, -0.2) is 9.97 Å². The van der Waals surface area contributed by atoms with Crippen molar-refractivity contribution >= 4 is 11.8 Å². The summed E-state index contributed by atoms with van der Waals surface area (Å²) in [6.45, 7) is 7.94. The molecule has 0 saturated carbocycles. The predicted octanol–water partition coefficient (Wildman–Crippen LogP) is 3.25. The topological polar surface area (TPSA) is 107 Å². The average Bonchev–Trinajstić information content (AvgIpc) is 3.77. The van der Waals surface area contributed by atoms with Crippen LogP contribution in [0, 0.1) is 0 Å². The molecule has 0 amide bonds. The van der Waals surface area contributed by atoms with Crippen LogP contribution in [0.3, 0.4) is 0 Å². The molecular formula is C32H39N11O. The number of rotatable bonds is 10. The van der Waals surface area contributed by atoms with E-state index >= 15 is 0 Å². The van der Waals surface area contributed by atoms with E-state index in [1.54, 1.807) is 7.11 Å². The van der Waals surface area contributed by atoms with Gasteiger partial charge in [0.1, 0.15) is 0 Å². The number of fused-ring (bicyclic) bond motifs is 3. The number of aryl methyl sites for hydroxylation is 4. The average molecular weight is 594 g/mol. The van der Waals surface area contributed by atoms with E-state index in [2.05, 4.69) is 49.5 Å². The molecule has 4 aromatic heterocycles. The lowest BCUT2D eigenvalue weighted by Crippen LogP contribution is -2.47. The zero-order valence-corrected chi connectivity index (χ0v) is 25.6. The number of methoxy groups -OCH3 is 1. The van der Waals surface area contributed by atoms with Crippen LogP contribution in [-0.2, 0) is 38.2 Å². The van der Waals surface area contributed by atoms with Gasteiger partial charge in [-0.2, -0.15) is 15.3 Å². The van der Waals surface area contributed by atoms with Crippen molar-refractivity contribution < 1.29 is 4.74 Å². The summed E-state index contributed by atoms with van der Waals surface area (Å²) < 4.78 is 11.0. The molecule has 7 rings (SSSR count). The van der Waals surface area contributed by atoms with Gasteiger partial charge in [0.05, 0.1) is 36.4 Å². The number of nitrogens with one attached hydrogen (secondary N) is 1. The molecule has 0 unspecified atom stereocenters. The smallest absolute Gasteiger partial charge is 0.228 e. The summed E-state index contributed by atoms with van der Waals surface area (Å²) in [5.41, 5.74) is 8.62. The van der Waals surface area contributed by atoms with E-state index in [4.69, 9.17) is 19.9 Å². The van der Waals surface area contributed by atoms with Gasteiger partial charge in [-0.15, -0.1) is 0 Å². The Hall–Kier alpha value is -4.39. The standard InChI is InChI=1S/C32H39N11O/c1-39-22-26(21-34-39)23-4-6-24(7-5-23)31-29-27(37-40(31)2)9-8-25-20-33-32(36-30(25)29)35-28-10-11-43(38-28)17-16-41-12-14-42(15-13-41)18-19-44-3/h4-7,10-11,20-22H,8-9,12-19H2,1-3H3,(H,33,35,36,38). The Morgan fingerprint density at radius 2 is 1.61 bits per heavy atom. The zero-order chi connectivity index (χ0) is 30.0. The Balaban J connectivity index is 1.05. The Morgan fingerprint density at radius 1 is 0.841 bits per heavy atom. The molecule has 2 aliphatic rings. The molecule has 0 atom stereocenters. The molecule has 5 heterocycles. The fourth-order valence-electron chi connectivity index (χ4n) is 6.21. The highest BCUT2D eigenvalue weighted by molar-refractivity contribution is 5.85. The van der Waals surface area contributed by atoms with Gasteiger partial charge in [0, 0.05) is 102 Å². The molecule has 44 heavy (non-hydrogen) atoms. The molecule has 1 aliphatic carbocycles. The van der Waals surface area contributed by atoms with Gasteiger partial charge in [-0.3, -0.25) is 23.8 Å². The van der Waals surface area contributed by atoms with Crippen LogP contribution in [0.2, 0.25) is 0 Å². The van der Waals surface area contributed by atoms with Gasteiger partial charge in [0.2, 0.25) is 5.95 Å². The maximum absolute atomic E-state index is 5.22. The minimum Gasteiger partial charge on any atom is -0.383 e. The molecule has 1 aliphatic heterocycles. The first-order chi connectivity index (χ1) is 21.5. The summed E-state index contributed by atoms with van der Waals surface area (Å²) in [6.07, 6.45) is 9.61. The van der Waals surface area contributed by atoms with Crippen molar-refractivity contribution in [3.05, 3.63) is 66.4 Å². The molecule has 0 spiro atoms. The maximum atomic E-state index is 5.22. The second kappa shape index (κ2) is 12.3. The SMILES string of the molecule is COCCN1CCN(CCn2ccc(Nc3ncc4c(n3)-c3c(nn(C)c3-c3ccc(-c5cnn(C)c5)cc3)CC4)n2)CC1. The summed E-state index contributed by atoms with van der Waals surface area (Å²) in [5.74, 6) is 1.28. The van der Waals surface area contributed by atoms with E-state index in [1.807, 2.05) is 59.0 Å². The number of nitrogens with zero attached hydrogens (tertiary/aromatic N) is 10. The third-order valence-corrected chi connectivity index (χ3v) is 8.65. The van der Waals surface area contributed by atoms with Crippen molar-refractivity contribution in [2.75, 3.05) is 58.3 Å². The van der Waals surface area contributed by atoms with E-state index in [9.17, 15) is 0 Å². The predicted molar refractivity (Wildman–Crippen MR) is 170 cm³/mol. The lowest BCUT2D eigenvalue weighted by molar-refractivity contribution is 0.0948. The largest absolute Gasteiger partial charge is 0.383 e. The number of hydrogen-bond donors (Lipinski definition) is 1. The zero-order valence-electron chi connectivity index (χ0n) is 25.6. The monoisotopic (exact) mass is 593 g/mol. The van der Waals surface area contributed by atoms with Gasteiger partial charge >= 0.3 is 0 Å². The Labute approximate surface area is 257 Å². The molecular weight excluding hydrogens is 554 g/mol. The van der Waals surface area contributed by atoms with Gasteiger partial charge in [0.15, 0.2) is 5.82 Å². The molecule has 0 bridgehead atoms. The van der Waals surface area contributed by atoms with Crippen LogP contribution < -0.4 is 5.32 Å². The van der Waals surface area contributed by atoms with Crippen LogP contribution in [0.25, 0.3) is 33.6 Å². The van der Waals surface area contributed by atoms with E-state index in [-0.39, 0.29) is 0 Å². The Kier molecular flexibility index (Phi) is 7.94. The van der Waals surface area contributed by atoms with Gasteiger partial charge in [0.25, 0.3) is 0 Å². The van der Waals surface area contributed by atoms with Crippen LogP contribution in [0.1, 0.15) is 11.3 Å². The van der Waals surface area contributed by atoms with E-state index < -0.39 is 0 Å². The fourth-order valence-corrected chi connectivity index (χ4v) is 6.21. The van der Waals surface area contributed by atoms with E-state index in [0.29, 0.717) is 5.95 Å². The maximum Gasteiger partial charge on any atom is 0.228 e. The molecule has 1 saturated heterocycles. The third-order valence-electron chi connectivity index (χ3n) is 8.65. The van der Waals surface area contributed by atoms with Crippen molar-refractivity contribution in [3.8, 4) is 33.6 Å². The van der Waals surface area contributed by atoms with Gasteiger partial charge in [-0.05, 0) is 24.0 Å². The summed E-state index contributed by atoms with van der Waals surface area (Å²) >= 11 is 0. The second-order valence-electron chi connectivity index (χ2n) is 11.6. The summed E-state index contributed by atoms with van der Waals surface area (Å²) in [4.78, 5) is 14.6. The lowest BCUT2D eigenvalue weighted by Gasteiger charge is -2.34. The van der Waals surface area contributed by atoms with Gasteiger partial charge < -0.3 is 10.1 Å². The summed E-state index contributed by atoms with van der Waals surface area (Å²) in [6, 6.07) is 10.6. The number of anilines is 2. The van der Waals surface area contributed by atoms with Crippen molar-refractivity contribution in [2.24, 2.45) is 14.1 Å². The fraction of sp³-hybridized carbons (Fsp3) is 0.406. The van der Waals surface area contributed by atoms with Crippen LogP contribution in [0.4, 0.5) is 11.8 Å². The van der Waals surface area contributed by atoms with Crippen LogP contribution >= 0.6 is 0 Å². The molecule has 1 N–H and O–H groups in total. The second-order valence-corrected chi connectivity index (χ2v) is 11.6. The molecule has 1 aromatic carbocycles. The Morgan fingerprint density at radius 3 is 2.36 bits per heavy atom. The quantitative estimate of drug-likeness (QED) is 0.261. The highest BCUT2D eigenvalue weighted by atomic mass is 16.5. The molecule has 0 radical (unpaired) electrons. The number of aromatic nitrogens is 8. The molecule has 1 fully saturated rings. The van der Waals surface area contributed by atoms with Crippen LogP contribution in [0.15, 0.2) is 55.1 Å². The number of ether oxygens (including phenoxy) is 1. The first-order valence-electron chi connectivity index (χ1n) is 15.3. The first-order valence-corrected chi connectivity index (χ1v) is 15.3.